The van der Waals surface area contributed by atoms with Crippen LogP contribution in [0.2, 0.25) is 0 Å². The van der Waals surface area contributed by atoms with E-state index >= 15 is 0 Å². The number of hydrogen-bond donors (Lipinski definition) is 0. The fourth-order valence-electron chi connectivity index (χ4n) is 1.19. The van der Waals surface area contributed by atoms with E-state index in [0.29, 0.717) is 13.2 Å². The summed E-state index contributed by atoms with van der Waals surface area (Å²) in [6, 6.07) is 0. The van der Waals surface area contributed by atoms with Gasteiger partial charge in [-0.2, -0.15) is 0 Å². The molecule has 0 spiro atoms. The molecule has 16 heavy (non-hydrogen) atoms. The van der Waals surface area contributed by atoms with Gasteiger partial charge in [-0.1, -0.05) is 38.8 Å². The molecule has 0 aromatic carbocycles. The number of unbranched alkanes of at least 4 members (excludes halogenated alkanes) is 3. The molecular weight excluding hydrogens is 204 g/mol. The lowest BCUT2D eigenvalue weighted by molar-refractivity contribution is 0.0566. The summed E-state index contributed by atoms with van der Waals surface area (Å²) in [5.74, 6) is 0. The van der Waals surface area contributed by atoms with Crippen molar-refractivity contribution in [3.05, 3.63) is 12.2 Å². The highest BCUT2D eigenvalue weighted by Crippen LogP contribution is 2.00. The average Bonchev–Trinajstić information content (AvgIpc) is 2.30. The van der Waals surface area contributed by atoms with Crippen molar-refractivity contribution in [1.29, 1.82) is 0 Å². The van der Waals surface area contributed by atoms with Crippen LogP contribution in [0.5, 0.6) is 0 Å². The van der Waals surface area contributed by atoms with Gasteiger partial charge in [0.05, 0.1) is 13.2 Å². The predicted molar refractivity (Wildman–Crippen MR) is 65.5 cm³/mol. The van der Waals surface area contributed by atoms with Gasteiger partial charge in [-0.15, -0.1) is 0 Å². The molecule has 0 aliphatic rings. The van der Waals surface area contributed by atoms with Crippen LogP contribution < -0.4 is 0 Å². The molecule has 0 saturated carbocycles. The number of rotatable bonds is 9. The van der Waals surface area contributed by atoms with Gasteiger partial charge in [-0.25, -0.2) is 4.79 Å². The van der Waals surface area contributed by atoms with Crippen molar-refractivity contribution in [2.75, 3.05) is 13.2 Å². The van der Waals surface area contributed by atoms with Crippen molar-refractivity contribution in [3.63, 3.8) is 0 Å². The van der Waals surface area contributed by atoms with Gasteiger partial charge in [0.1, 0.15) is 0 Å². The summed E-state index contributed by atoms with van der Waals surface area (Å²) < 4.78 is 9.62. The van der Waals surface area contributed by atoms with Crippen LogP contribution in [0.4, 0.5) is 4.79 Å². The van der Waals surface area contributed by atoms with Gasteiger partial charge in [0, 0.05) is 0 Å². The lowest BCUT2D eigenvalue weighted by atomic mass is 10.2. The highest BCUT2D eigenvalue weighted by molar-refractivity contribution is 5.59. The maximum atomic E-state index is 10.9. The third-order valence-corrected chi connectivity index (χ3v) is 2.07. The minimum Gasteiger partial charge on any atom is -0.434 e. The third kappa shape index (κ3) is 11.1. The van der Waals surface area contributed by atoms with Crippen molar-refractivity contribution in [2.45, 2.75) is 52.4 Å². The predicted octanol–water partition coefficient (Wildman–Crippen LogP) is 4.08. The molecule has 94 valence electrons. The Hall–Kier alpha value is -0.990. The Morgan fingerprint density at radius 1 is 0.938 bits per heavy atom. The summed E-state index contributed by atoms with van der Waals surface area (Å²) in [7, 11) is 0. The first-order valence-corrected chi connectivity index (χ1v) is 6.25. The quantitative estimate of drug-likeness (QED) is 0.339. The third-order valence-electron chi connectivity index (χ3n) is 2.07. The number of carbonyl (C=O) groups excluding carboxylic acids is 1. The zero-order chi connectivity index (χ0) is 12.1. The molecule has 3 nitrogen and oxygen atoms in total. The largest absolute Gasteiger partial charge is 0.508 e. The second-order valence-corrected chi connectivity index (χ2v) is 3.70. The van der Waals surface area contributed by atoms with Crippen LogP contribution in [0.1, 0.15) is 52.4 Å². The first-order chi connectivity index (χ1) is 7.81. The molecule has 0 radical (unpaired) electrons. The number of carbonyl (C=O) groups is 1. The van der Waals surface area contributed by atoms with E-state index in [1.807, 2.05) is 6.92 Å². The first-order valence-electron chi connectivity index (χ1n) is 6.25. The molecule has 0 rings (SSSR count). The highest BCUT2D eigenvalue weighted by atomic mass is 16.7. The van der Waals surface area contributed by atoms with Crippen LogP contribution in [0.3, 0.4) is 0 Å². The van der Waals surface area contributed by atoms with Gasteiger partial charge in [0.25, 0.3) is 0 Å². The maximum Gasteiger partial charge on any atom is 0.508 e. The minimum absolute atomic E-state index is 0.410. The van der Waals surface area contributed by atoms with Crippen LogP contribution in [0.25, 0.3) is 0 Å². The van der Waals surface area contributed by atoms with Crippen molar-refractivity contribution >= 4 is 6.16 Å². The molecule has 0 fully saturated rings. The van der Waals surface area contributed by atoms with Crippen LogP contribution in [0, 0.1) is 0 Å². The van der Waals surface area contributed by atoms with Gasteiger partial charge in [0.2, 0.25) is 0 Å². The second-order valence-electron chi connectivity index (χ2n) is 3.70. The van der Waals surface area contributed by atoms with Gasteiger partial charge in [-0.05, 0) is 25.7 Å². The number of allylic oxidation sites excluding steroid dienone is 1. The van der Waals surface area contributed by atoms with E-state index in [2.05, 4.69) is 19.1 Å². The van der Waals surface area contributed by atoms with Crippen molar-refractivity contribution < 1.29 is 14.3 Å². The molecule has 0 amide bonds. The van der Waals surface area contributed by atoms with Crippen LogP contribution in [-0.2, 0) is 9.47 Å². The van der Waals surface area contributed by atoms with Gasteiger partial charge in [0.15, 0.2) is 0 Å². The SMILES string of the molecule is CCCCC/C=C\CCOC(=O)OCCC. The standard InChI is InChI=1S/C13H24O3/c1-3-5-6-7-8-9-10-12-16-13(14)15-11-4-2/h8-9H,3-7,10-12H2,1-2H3/b9-8-. The molecular formula is C13H24O3. The Morgan fingerprint density at radius 2 is 1.62 bits per heavy atom. The number of hydrogen-bond acceptors (Lipinski definition) is 3. The number of ether oxygens (including phenoxy) is 2. The van der Waals surface area contributed by atoms with Crippen molar-refractivity contribution in [2.24, 2.45) is 0 Å². The first kappa shape index (κ1) is 15.0. The van der Waals surface area contributed by atoms with Crippen molar-refractivity contribution in [1.82, 2.24) is 0 Å². The molecule has 0 aromatic heterocycles. The maximum absolute atomic E-state index is 10.9. The smallest absolute Gasteiger partial charge is 0.434 e. The Kier molecular flexibility index (Phi) is 11.3. The summed E-state index contributed by atoms with van der Waals surface area (Å²) in [6.45, 7) is 4.99. The Morgan fingerprint density at radius 3 is 2.31 bits per heavy atom. The van der Waals surface area contributed by atoms with Crippen LogP contribution in [-0.4, -0.2) is 19.4 Å². The molecule has 0 saturated heterocycles. The molecule has 0 heterocycles. The van der Waals surface area contributed by atoms with Gasteiger partial charge >= 0.3 is 6.16 Å². The lowest BCUT2D eigenvalue weighted by Crippen LogP contribution is -2.08. The monoisotopic (exact) mass is 228 g/mol. The average molecular weight is 228 g/mol. The molecule has 0 aliphatic carbocycles. The molecule has 0 bridgehead atoms. The molecule has 3 heteroatoms. The van der Waals surface area contributed by atoms with E-state index in [-0.39, 0.29) is 0 Å². The molecule has 0 aromatic rings. The molecule has 0 N–H and O–H groups in total. The topological polar surface area (TPSA) is 35.5 Å². The Labute approximate surface area is 98.8 Å². The lowest BCUT2D eigenvalue weighted by Gasteiger charge is -2.02. The van der Waals surface area contributed by atoms with E-state index in [1.165, 1.54) is 19.3 Å². The minimum atomic E-state index is -0.554. The van der Waals surface area contributed by atoms with Crippen LogP contribution >= 0.6 is 0 Å². The van der Waals surface area contributed by atoms with Crippen LogP contribution in [0.15, 0.2) is 12.2 Å². The van der Waals surface area contributed by atoms with Crippen molar-refractivity contribution in [3.8, 4) is 0 Å². The van der Waals surface area contributed by atoms with E-state index in [9.17, 15) is 4.79 Å². The summed E-state index contributed by atoms with van der Waals surface area (Å²) in [6.07, 6.45) is 10.1. The fraction of sp³-hybridized carbons (Fsp3) is 0.769. The normalized spacial score (nSPS) is 10.6. The molecule has 0 atom stereocenters. The Balaban J connectivity index is 3.22. The zero-order valence-corrected chi connectivity index (χ0v) is 10.5. The summed E-state index contributed by atoms with van der Waals surface area (Å²) in [5.41, 5.74) is 0. The van der Waals surface area contributed by atoms with Gasteiger partial charge < -0.3 is 9.47 Å². The van der Waals surface area contributed by atoms with E-state index in [4.69, 9.17) is 9.47 Å². The van der Waals surface area contributed by atoms with E-state index in [0.717, 1.165) is 19.3 Å². The zero-order valence-electron chi connectivity index (χ0n) is 10.5. The summed E-state index contributed by atoms with van der Waals surface area (Å²) in [4.78, 5) is 10.9. The van der Waals surface area contributed by atoms with Gasteiger partial charge in [-0.3, -0.25) is 0 Å². The second kappa shape index (κ2) is 12.1. The fourth-order valence-corrected chi connectivity index (χ4v) is 1.19. The Bertz CT molecular complexity index is 188. The molecule has 0 aliphatic heterocycles. The highest BCUT2D eigenvalue weighted by Gasteiger charge is 2.00. The van der Waals surface area contributed by atoms with E-state index in [1.54, 1.807) is 0 Å². The molecule has 0 unspecified atom stereocenters. The summed E-state index contributed by atoms with van der Waals surface area (Å²) >= 11 is 0. The summed E-state index contributed by atoms with van der Waals surface area (Å²) in [5, 5.41) is 0. The van der Waals surface area contributed by atoms with E-state index < -0.39 is 6.16 Å².